The number of aliphatic hydroxyl groups excluding tert-OH is 1. The standard InChI is InChI=1S/C24H24O3/c25-23-18-26-16-19(23)17-27-24(20-10-4-1-5-11-20,21-12-6-2-7-13-21)22-14-8-3-9-15-22/h1-15,19,23,25H,16-18H2. The van der Waals surface area contributed by atoms with Crippen LogP contribution in [-0.4, -0.2) is 31.0 Å². The lowest BCUT2D eigenvalue weighted by molar-refractivity contribution is -0.0260. The lowest BCUT2D eigenvalue weighted by Gasteiger charge is -2.37. The zero-order valence-electron chi connectivity index (χ0n) is 15.2. The minimum Gasteiger partial charge on any atom is -0.390 e. The van der Waals surface area contributed by atoms with Gasteiger partial charge in [-0.3, -0.25) is 0 Å². The quantitative estimate of drug-likeness (QED) is 0.675. The molecular formula is C24H24O3. The Morgan fingerprint density at radius 1 is 0.741 bits per heavy atom. The molecule has 2 atom stereocenters. The molecule has 3 nitrogen and oxygen atoms in total. The molecule has 1 aliphatic heterocycles. The van der Waals surface area contributed by atoms with Gasteiger partial charge in [0.05, 0.1) is 25.9 Å². The monoisotopic (exact) mass is 360 g/mol. The van der Waals surface area contributed by atoms with Gasteiger partial charge in [0.25, 0.3) is 0 Å². The van der Waals surface area contributed by atoms with Gasteiger partial charge in [0.15, 0.2) is 0 Å². The van der Waals surface area contributed by atoms with Gasteiger partial charge in [-0.1, -0.05) is 91.0 Å². The molecule has 3 aromatic carbocycles. The molecular weight excluding hydrogens is 336 g/mol. The maximum Gasteiger partial charge on any atom is 0.143 e. The molecule has 1 heterocycles. The largest absolute Gasteiger partial charge is 0.390 e. The Hall–Kier alpha value is -2.46. The van der Waals surface area contributed by atoms with Gasteiger partial charge in [0.2, 0.25) is 0 Å². The lowest BCUT2D eigenvalue weighted by Crippen LogP contribution is -2.36. The molecule has 0 amide bonds. The number of aliphatic hydroxyl groups is 1. The van der Waals surface area contributed by atoms with Crippen LogP contribution in [0.1, 0.15) is 16.7 Å². The van der Waals surface area contributed by atoms with Crippen molar-refractivity contribution in [1.82, 2.24) is 0 Å². The second kappa shape index (κ2) is 8.05. The predicted octanol–water partition coefficient (Wildman–Crippen LogP) is 4.00. The molecule has 1 N–H and O–H groups in total. The first-order valence-electron chi connectivity index (χ1n) is 9.37. The third-order valence-electron chi connectivity index (χ3n) is 5.22. The summed E-state index contributed by atoms with van der Waals surface area (Å²) in [4.78, 5) is 0. The van der Waals surface area contributed by atoms with Gasteiger partial charge in [-0.25, -0.2) is 0 Å². The summed E-state index contributed by atoms with van der Waals surface area (Å²) in [6.07, 6.45) is -0.481. The molecule has 0 saturated carbocycles. The van der Waals surface area contributed by atoms with E-state index in [1.807, 2.05) is 54.6 Å². The zero-order valence-corrected chi connectivity index (χ0v) is 15.2. The average molecular weight is 360 g/mol. The Kier molecular flexibility index (Phi) is 5.35. The summed E-state index contributed by atoms with van der Waals surface area (Å²) in [6.45, 7) is 1.32. The minimum atomic E-state index is -0.744. The van der Waals surface area contributed by atoms with Crippen molar-refractivity contribution in [3.8, 4) is 0 Å². The van der Waals surface area contributed by atoms with Crippen LogP contribution < -0.4 is 0 Å². The van der Waals surface area contributed by atoms with E-state index in [4.69, 9.17) is 9.47 Å². The highest BCUT2D eigenvalue weighted by Gasteiger charge is 2.39. The van der Waals surface area contributed by atoms with Crippen molar-refractivity contribution in [3.63, 3.8) is 0 Å². The van der Waals surface area contributed by atoms with Gasteiger partial charge >= 0.3 is 0 Å². The van der Waals surface area contributed by atoms with Crippen molar-refractivity contribution in [3.05, 3.63) is 108 Å². The molecule has 2 unspecified atom stereocenters. The molecule has 1 fully saturated rings. The fourth-order valence-corrected chi connectivity index (χ4v) is 3.75. The molecule has 4 rings (SSSR count). The topological polar surface area (TPSA) is 38.7 Å². The first-order valence-corrected chi connectivity index (χ1v) is 9.37. The van der Waals surface area contributed by atoms with E-state index in [1.54, 1.807) is 0 Å². The Labute approximate surface area is 160 Å². The van der Waals surface area contributed by atoms with Crippen LogP contribution in [0.4, 0.5) is 0 Å². The van der Waals surface area contributed by atoms with Crippen molar-refractivity contribution in [2.24, 2.45) is 5.92 Å². The maximum absolute atomic E-state index is 10.2. The second-order valence-corrected chi connectivity index (χ2v) is 6.96. The Morgan fingerprint density at radius 3 is 1.56 bits per heavy atom. The molecule has 138 valence electrons. The first-order chi connectivity index (χ1) is 13.3. The number of ether oxygens (including phenoxy) is 2. The van der Waals surface area contributed by atoms with Gasteiger partial charge in [0, 0.05) is 5.92 Å². The summed E-state index contributed by atoms with van der Waals surface area (Å²) in [7, 11) is 0. The Morgan fingerprint density at radius 2 is 1.19 bits per heavy atom. The van der Waals surface area contributed by atoms with Crippen molar-refractivity contribution < 1.29 is 14.6 Å². The van der Waals surface area contributed by atoms with Crippen molar-refractivity contribution >= 4 is 0 Å². The molecule has 1 aliphatic rings. The molecule has 27 heavy (non-hydrogen) atoms. The summed E-state index contributed by atoms with van der Waals surface area (Å²) < 4.78 is 12.1. The molecule has 3 aromatic rings. The summed E-state index contributed by atoms with van der Waals surface area (Å²) in [5, 5.41) is 10.2. The highest BCUT2D eigenvalue weighted by molar-refractivity contribution is 5.47. The van der Waals surface area contributed by atoms with Crippen LogP contribution in [0.5, 0.6) is 0 Å². The van der Waals surface area contributed by atoms with E-state index in [9.17, 15) is 5.11 Å². The number of hydrogen-bond acceptors (Lipinski definition) is 3. The van der Waals surface area contributed by atoms with Gasteiger partial charge < -0.3 is 14.6 Å². The van der Waals surface area contributed by atoms with E-state index < -0.39 is 11.7 Å². The molecule has 0 bridgehead atoms. The Balaban J connectivity index is 1.84. The summed E-state index contributed by atoms with van der Waals surface area (Å²) in [5.41, 5.74) is 2.45. The van der Waals surface area contributed by atoms with E-state index in [1.165, 1.54) is 0 Å². The van der Waals surface area contributed by atoms with E-state index >= 15 is 0 Å². The molecule has 0 aliphatic carbocycles. The SMILES string of the molecule is OC1COCC1COC(c1ccccc1)(c1ccccc1)c1ccccc1. The summed E-state index contributed by atoms with van der Waals surface area (Å²) in [6, 6.07) is 30.8. The molecule has 0 spiro atoms. The van der Waals surface area contributed by atoms with Gasteiger partial charge in [-0.05, 0) is 16.7 Å². The number of hydrogen-bond donors (Lipinski definition) is 1. The molecule has 0 aromatic heterocycles. The van der Waals surface area contributed by atoms with E-state index in [-0.39, 0.29) is 5.92 Å². The van der Waals surface area contributed by atoms with Crippen LogP contribution in [0, 0.1) is 5.92 Å². The van der Waals surface area contributed by atoms with Gasteiger partial charge in [-0.15, -0.1) is 0 Å². The van der Waals surface area contributed by atoms with Crippen molar-refractivity contribution in [2.45, 2.75) is 11.7 Å². The van der Waals surface area contributed by atoms with Gasteiger partial charge in [-0.2, -0.15) is 0 Å². The molecule has 1 saturated heterocycles. The van der Waals surface area contributed by atoms with E-state index in [0.29, 0.717) is 19.8 Å². The average Bonchev–Trinajstić information content (AvgIpc) is 3.16. The fraction of sp³-hybridized carbons (Fsp3) is 0.250. The summed E-state index contributed by atoms with van der Waals surface area (Å²) >= 11 is 0. The highest BCUT2D eigenvalue weighted by atomic mass is 16.5. The van der Waals surface area contributed by atoms with Crippen LogP contribution in [0.2, 0.25) is 0 Å². The third kappa shape index (κ3) is 3.54. The maximum atomic E-state index is 10.2. The van der Waals surface area contributed by atoms with Crippen molar-refractivity contribution in [1.29, 1.82) is 0 Å². The normalized spacial score (nSPS) is 19.9. The first kappa shape index (κ1) is 17.9. The predicted molar refractivity (Wildman–Crippen MR) is 105 cm³/mol. The fourth-order valence-electron chi connectivity index (χ4n) is 3.75. The van der Waals surface area contributed by atoms with Crippen LogP contribution >= 0.6 is 0 Å². The van der Waals surface area contributed by atoms with Crippen LogP contribution in [0.3, 0.4) is 0 Å². The Bertz CT molecular complexity index is 737. The number of benzene rings is 3. The molecule has 3 heteroatoms. The minimum absolute atomic E-state index is 0.0273. The van der Waals surface area contributed by atoms with E-state index in [2.05, 4.69) is 36.4 Å². The van der Waals surface area contributed by atoms with Gasteiger partial charge in [0.1, 0.15) is 5.60 Å². The second-order valence-electron chi connectivity index (χ2n) is 6.96. The van der Waals surface area contributed by atoms with Crippen molar-refractivity contribution in [2.75, 3.05) is 19.8 Å². The lowest BCUT2D eigenvalue weighted by atomic mass is 9.80. The van der Waals surface area contributed by atoms with Crippen LogP contribution in [0.25, 0.3) is 0 Å². The zero-order chi connectivity index (χ0) is 18.5. The van der Waals surface area contributed by atoms with Crippen LogP contribution in [0.15, 0.2) is 91.0 Å². The van der Waals surface area contributed by atoms with E-state index in [0.717, 1.165) is 16.7 Å². The molecule has 0 radical (unpaired) electrons. The smallest absolute Gasteiger partial charge is 0.143 e. The number of rotatable bonds is 6. The van der Waals surface area contributed by atoms with Crippen LogP contribution in [-0.2, 0) is 15.1 Å². The highest BCUT2D eigenvalue weighted by Crippen LogP contribution is 2.41. The summed E-state index contributed by atoms with van der Waals surface area (Å²) in [5.74, 6) is -0.0273. The third-order valence-corrected chi connectivity index (χ3v) is 5.22.